The maximum absolute atomic E-state index is 12.6. The number of amides is 1. The van der Waals surface area contributed by atoms with E-state index in [1.54, 1.807) is 0 Å². The van der Waals surface area contributed by atoms with Gasteiger partial charge in [0.1, 0.15) is 0 Å². The zero-order chi connectivity index (χ0) is 13.8. The van der Waals surface area contributed by atoms with Crippen LogP contribution in [-0.2, 0) is 4.79 Å². The summed E-state index contributed by atoms with van der Waals surface area (Å²) in [4.78, 5) is 14.8. The van der Waals surface area contributed by atoms with Crippen molar-refractivity contribution in [3.63, 3.8) is 0 Å². The minimum Gasteiger partial charge on any atom is -0.339 e. The van der Waals surface area contributed by atoms with Crippen molar-refractivity contribution in [1.82, 2.24) is 4.90 Å². The Labute approximate surface area is 111 Å². The second kappa shape index (κ2) is 3.96. The lowest BCUT2D eigenvalue weighted by atomic mass is 9.65. The Morgan fingerprint density at radius 3 is 2.50 bits per heavy atom. The number of fused-ring (bicyclic) bond motifs is 2. The van der Waals surface area contributed by atoms with Gasteiger partial charge in [0, 0.05) is 19.1 Å². The smallest absolute Gasteiger partial charge is 0.229 e. The summed E-state index contributed by atoms with van der Waals surface area (Å²) in [5.74, 6) is 0.247. The number of likely N-dealkylation sites (tertiary alicyclic amines) is 1. The molecular formula is C15H28N2O. The van der Waals surface area contributed by atoms with Crippen molar-refractivity contribution in [1.29, 1.82) is 0 Å². The first-order valence-electron chi connectivity index (χ1n) is 7.10. The Balaban J connectivity index is 2.21. The van der Waals surface area contributed by atoms with Gasteiger partial charge in [-0.1, -0.05) is 20.8 Å². The van der Waals surface area contributed by atoms with Gasteiger partial charge < -0.3 is 10.6 Å². The van der Waals surface area contributed by atoms with E-state index < -0.39 is 5.41 Å². The van der Waals surface area contributed by atoms with Crippen LogP contribution in [0, 0.1) is 16.2 Å². The van der Waals surface area contributed by atoms with Crippen LogP contribution in [0.5, 0.6) is 0 Å². The largest absolute Gasteiger partial charge is 0.339 e. The molecule has 3 nitrogen and oxygen atoms in total. The van der Waals surface area contributed by atoms with E-state index in [9.17, 15) is 4.79 Å². The average molecular weight is 252 g/mol. The minimum atomic E-state index is -0.419. The summed E-state index contributed by atoms with van der Waals surface area (Å²) in [6.07, 6.45) is 3.53. The zero-order valence-electron chi connectivity index (χ0n) is 12.5. The molecule has 2 N–H and O–H groups in total. The molecule has 1 aliphatic heterocycles. The Hall–Kier alpha value is -0.570. The number of nitrogens with two attached hydrogens (primary N) is 1. The van der Waals surface area contributed by atoms with Gasteiger partial charge in [-0.25, -0.2) is 0 Å². The van der Waals surface area contributed by atoms with E-state index in [0.29, 0.717) is 23.4 Å². The first kappa shape index (κ1) is 13.9. The van der Waals surface area contributed by atoms with E-state index in [-0.39, 0.29) is 5.91 Å². The molecule has 2 fully saturated rings. The fourth-order valence-electron chi connectivity index (χ4n) is 4.17. The van der Waals surface area contributed by atoms with Gasteiger partial charge >= 0.3 is 0 Å². The van der Waals surface area contributed by atoms with Gasteiger partial charge in [0.2, 0.25) is 5.91 Å². The number of rotatable bonds is 2. The fraction of sp³-hybridized carbons (Fsp3) is 0.933. The molecular weight excluding hydrogens is 224 g/mol. The Morgan fingerprint density at radius 1 is 1.33 bits per heavy atom. The molecule has 0 aromatic heterocycles. The molecule has 2 aliphatic rings. The van der Waals surface area contributed by atoms with Crippen LogP contribution in [0.4, 0.5) is 0 Å². The van der Waals surface area contributed by atoms with Gasteiger partial charge in [-0.05, 0) is 43.9 Å². The molecule has 0 radical (unpaired) electrons. The van der Waals surface area contributed by atoms with Crippen LogP contribution >= 0.6 is 0 Å². The highest BCUT2D eigenvalue weighted by Gasteiger charge is 2.52. The molecule has 104 valence electrons. The highest BCUT2D eigenvalue weighted by atomic mass is 16.2. The second-order valence-corrected chi connectivity index (χ2v) is 8.23. The Bertz CT molecular complexity index is 362. The Morgan fingerprint density at radius 2 is 1.94 bits per heavy atom. The molecule has 2 atom stereocenters. The molecule has 18 heavy (non-hydrogen) atoms. The lowest BCUT2D eigenvalue weighted by Gasteiger charge is -2.40. The topological polar surface area (TPSA) is 46.3 Å². The van der Waals surface area contributed by atoms with Crippen molar-refractivity contribution < 1.29 is 4.79 Å². The molecule has 2 unspecified atom stereocenters. The van der Waals surface area contributed by atoms with Crippen LogP contribution in [0.15, 0.2) is 0 Å². The van der Waals surface area contributed by atoms with Crippen LogP contribution < -0.4 is 5.73 Å². The molecule has 1 saturated carbocycles. The van der Waals surface area contributed by atoms with Gasteiger partial charge in [-0.2, -0.15) is 0 Å². The predicted octanol–water partition coefficient (Wildman–Crippen LogP) is 2.40. The molecule has 1 heterocycles. The van der Waals surface area contributed by atoms with E-state index in [4.69, 9.17) is 5.73 Å². The minimum absolute atomic E-state index is 0.247. The van der Waals surface area contributed by atoms with E-state index in [0.717, 1.165) is 13.0 Å². The van der Waals surface area contributed by atoms with Gasteiger partial charge in [0.05, 0.1) is 5.41 Å². The predicted molar refractivity (Wildman–Crippen MR) is 74.1 cm³/mol. The fourth-order valence-corrected chi connectivity index (χ4v) is 4.17. The van der Waals surface area contributed by atoms with Crippen LogP contribution in [0.1, 0.15) is 53.9 Å². The lowest BCUT2D eigenvalue weighted by Crippen LogP contribution is -2.47. The van der Waals surface area contributed by atoms with Crippen molar-refractivity contribution >= 4 is 5.91 Å². The van der Waals surface area contributed by atoms with Gasteiger partial charge in [0.15, 0.2) is 0 Å². The zero-order valence-corrected chi connectivity index (χ0v) is 12.5. The number of nitrogens with zero attached hydrogens (tertiary/aromatic N) is 1. The van der Waals surface area contributed by atoms with Crippen LogP contribution in [-0.4, -0.2) is 29.9 Å². The molecule has 3 heteroatoms. The quantitative estimate of drug-likeness (QED) is 0.820. The first-order chi connectivity index (χ1) is 8.09. The summed E-state index contributed by atoms with van der Waals surface area (Å²) < 4.78 is 0. The lowest BCUT2D eigenvalue weighted by molar-refractivity contribution is -0.141. The standard InChI is InChI=1S/C15H28N2O/c1-13(2)6-11-7-15(5,8-13)10-17(11)12(18)14(3,4)9-16/h11H,6-10,16H2,1-5H3. The van der Waals surface area contributed by atoms with Crippen molar-refractivity contribution in [3.8, 4) is 0 Å². The highest BCUT2D eigenvalue weighted by Crippen LogP contribution is 2.53. The molecule has 0 spiro atoms. The highest BCUT2D eigenvalue weighted by molar-refractivity contribution is 5.83. The molecule has 0 aromatic carbocycles. The number of hydrogen-bond donors (Lipinski definition) is 1. The van der Waals surface area contributed by atoms with Crippen molar-refractivity contribution in [2.75, 3.05) is 13.1 Å². The summed E-state index contributed by atoms with van der Waals surface area (Å²) in [5, 5.41) is 0. The maximum Gasteiger partial charge on any atom is 0.229 e. The monoisotopic (exact) mass is 252 g/mol. The third-order valence-corrected chi connectivity index (χ3v) is 4.76. The second-order valence-electron chi connectivity index (χ2n) is 8.23. The molecule has 1 aliphatic carbocycles. The third-order valence-electron chi connectivity index (χ3n) is 4.76. The summed E-state index contributed by atoms with van der Waals surface area (Å²) in [7, 11) is 0. The summed E-state index contributed by atoms with van der Waals surface area (Å²) in [6.45, 7) is 12.3. The summed E-state index contributed by atoms with van der Waals surface area (Å²) in [5.41, 5.74) is 6.00. The number of hydrogen-bond acceptors (Lipinski definition) is 2. The molecule has 0 aromatic rings. The van der Waals surface area contributed by atoms with E-state index in [1.807, 2.05) is 13.8 Å². The van der Waals surface area contributed by atoms with Crippen molar-refractivity contribution in [2.45, 2.75) is 59.9 Å². The van der Waals surface area contributed by atoms with Gasteiger partial charge in [-0.15, -0.1) is 0 Å². The van der Waals surface area contributed by atoms with Crippen LogP contribution in [0.25, 0.3) is 0 Å². The van der Waals surface area contributed by atoms with E-state index in [1.165, 1.54) is 12.8 Å². The molecule has 1 saturated heterocycles. The summed E-state index contributed by atoms with van der Waals surface area (Å²) in [6, 6.07) is 0.428. The molecule has 1 amide bonds. The van der Waals surface area contributed by atoms with Crippen molar-refractivity contribution in [2.24, 2.45) is 22.0 Å². The van der Waals surface area contributed by atoms with Gasteiger partial charge in [0.25, 0.3) is 0 Å². The van der Waals surface area contributed by atoms with Crippen LogP contribution in [0.2, 0.25) is 0 Å². The van der Waals surface area contributed by atoms with E-state index >= 15 is 0 Å². The summed E-state index contributed by atoms with van der Waals surface area (Å²) >= 11 is 0. The molecule has 2 bridgehead atoms. The normalized spacial score (nSPS) is 34.8. The average Bonchev–Trinajstić information content (AvgIpc) is 2.46. The van der Waals surface area contributed by atoms with E-state index in [2.05, 4.69) is 25.7 Å². The first-order valence-corrected chi connectivity index (χ1v) is 7.10. The number of carbonyl (C=O) groups excluding carboxylic acids is 1. The molecule has 2 rings (SSSR count). The van der Waals surface area contributed by atoms with Gasteiger partial charge in [-0.3, -0.25) is 4.79 Å². The van der Waals surface area contributed by atoms with Crippen LogP contribution in [0.3, 0.4) is 0 Å². The number of carbonyl (C=O) groups is 1. The SMILES string of the molecule is CC1(C)CC2CC(C)(CN2C(=O)C(C)(C)CN)C1. The van der Waals surface area contributed by atoms with Crippen molar-refractivity contribution in [3.05, 3.63) is 0 Å². The Kier molecular flexibility index (Phi) is 3.05. The third kappa shape index (κ3) is 2.29. The maximum atomic E-state index is 12.6.